The van der Waals surface area contributed by atoms with Gasteiger partial charge < -0.3 is 0 Å². The lowest BCUT2D eigenvalue weighted by atomic mass is 9.96. The lowest BCUT2D eigenvalue weighted by Gasteiger charge is -2.08. The average Bonchev–Trinajstić information content (AvgIpc) is 3.58. The number of aldehydes is 2. The zero-order valence-electron chi connectivity index (χ0n) is 27.0. The molecule has 0 saturated carbocycles. The molecule has 0 spiro atoms. The van der Waals surface area contributed by atoms with Gasteiger partial charge in [0, 0.05) is 64.7 Å². The van der Waals surface area contributed by atoms with Crippen molar-refractivity contribution in [2.24, 2.45) is 0 Å². The molecule has 252 valence electrons. The van der Waals surface area contributed by atoms with E-state index in [1.165, 1.54) is 16.7 Å². The van der Waals surface area contributed by atoms with Gasteiger partial charge in [-0.1, -0.05) is 101 Å². The second kappa shape index (κ2) is 25.6. The summed E-state index contributed by atoms with van der Waals surface area (Å²) in [6.45, 7) is 0. The number of rotatable bonds is 9. The second-order valence-electron chi connectivity index (χ2n) is 10.7. The van der Waals surface area contributed by atoms with Crippen LogP contribution in [0.25, 0.3) is 22.9 Å². The molecule has 0 heterocycles. The highest BCUT2D eigenvalue weighted by atomic mass is 35.5. The summed E-state index contributed by atoms with van der Waals surface area (Å²) in [4.78, 5) is 21.2. The number of benzene rings is 4. The molecule has 5 rings (SSSR count). The molecule has 0 bridgehead atoms. The van der Waals surface area contributed by atoms with E-state index in [1.54, 1.807) is 0 Å². The van der Waals surface area contributed by atoms with Crippen LogP contribution in [0.3, 0.4) is 0 Å². The molecular formula is C41H37Cl3O2S3. The Bertz CT molecular complexity index is 1840. The van der Waals surface area contributed by atoms with Crippen molar-refractivity contribution in [2.45, 2.75) is 57.8 Å². The van der Waals surface area contributed by atoms with Gasteiger partial charge in [0.2, 0.25) is 0 Å². The number of fused-ring (bicyclic) bond motifs is 2. The van der Waals surface area contributed by atoms with E-state index in [0.29, 0.717) is 11.3 Å². The van der Waals surface area contributed by atoms with Gasteiger partial charge in [-0.2, -0.15) is 0 Å². The molecule has 0 saturated heterocycles. The molecule has 0 radical (unpaired) electrons. The number of hydrogen-bond acceptors (Lipinski definition) is 4. The first-order valence-corrected chi connectivity index (χ1v) is 19.5. The van der Waals surface area contributed by atoms with Crippen LogP contribution in [-0.2, 0) is 48.9 Å². The Labute approximate surface area is 318 Å². The normalized spacial score (nSPS) is 11.0. The molecule has 1 aliphatic rings. The number of unbranched alkanes of at least 4 members (excludes halogenated alkanes) is 4. The van der Waals surface area contributed by atoms with Crippen LogP contribution in [0.15, 0.2) is 84.9 Å². The zero-order chi connectivity index (χ0) is 35.7. The van der Waals surface area contributed by atoms with E-state index < -0.39 is 0 Å². The topological polar surface area (TPSA) is 34.1 Å². The van der Waals surface area contributed by atoms with Crippen molar-refractivity contribution in [3.8, 4) is 24.2 Å². The maximum absolute atomic E-state index is 11.2. The monoisotopic (exact) mass is 762 g/mol. The van der Waals surface area contributed by atoms with E-state index in [-0.39, 0.29) is 0 Å². The fraction of sp³-hybridized carbons (Fsp3) is 0.220. The summed E-state index contributed by atoms with van der Waals surface area (Å²) in [6, 6.07) is 23.4. The van der Waals surface area contributed by atoms with Gasteiger partial charge in [0.1, 0.15) is 0 Å². The average molecular weight is 764 g/mol. The van der Waals surface area contributed by atoms with Gasteiger partial charge in [-0.05, 0) is 120 Å². The van der Waals surface area contributed by atoms with Crippen LogP contribution in [0.2, 0.25) is 15.1 Å². The molecule has 2 nitrogen and oxygen atoms in total. The third kappa shape index (κ3) is 16.7. The van der Waals surface area contributed by atoms with Crippen LogP contribution in [-0.4, -0.2) is 12.6 Å². The third-order valence-corrected chi connectivity index (χ3v) is 7.96. The molecule has 49 heavy (non-hydrogen) atoms. The Morgan fingerprint density at radius 1 is 0.755 bits per heavy atom. The minimum Gasteiger partial charge on any atom is -0.298 e. The summed E-state index contributed by atoms with van der Waals surface area (Å²) in [7, 11) is 0.917. The highest BCUT2D eigenvalue weighted by Crippen LogP contribution is 2.32. The third-order valence-electron chi connectivity index (χ3n) is 7.22. The van der Waals surface area contributed by atoms with Crippen LogP contribution in [0.5, 0.6) is 0 Å². The molecular weight excluding hydrogens is 727 g/mol. The lowest BCUT2D eigenvalue weighted by molar-refractivity contribution is -0.103. The van der Waals surface area contributed by atoms with E-state index in [2.05, 4.69) is 70.5 Å². The largest absolute Gasteiger partial charge is 0.298 e. The van der Waals surface area contributed by atoms with Crippen LogP contribution >= 0.6 is 34.8 Å². The molecule has 1 aliphatic carbocycles. The molecule has 4 aromatic rings. The number of terminal acetylenes is 1. The summed E-state index contributed by atoms with van der Waals surface area (Å²) in [5, 5.41) is 4.32. The van der Waals surface area contributed by atoms with Gasteiger partial charge in [0.05, 0.1) is 0 Å². The molecule has 0 fully saturated rings. The number of carbonyl (C=O) groups is 2. The van der Waals surface area contributed by atoms with E-state index >= 15 is 0 Å². The van der Waals surface area contributed by atoms with Gasteiger partial charge in [-0.15, -0.1) is 12.3 Å². The van der Waals surface area contributed by atoms with Crippen LogP contribution in [0.4, 0.5) is 0 Å². The number of halogens is 3. The summed E-state index contributed by atoms with van der Waals surface area (Å²) < 4.78 is 0. The van der Waals surface area contributed by atoms with Gasteiger partial charge in [0.15, 0.2) is 12.6 Å². The van der Waals surface area contributed by atoms with E-state index in [9.17, 15) is 9.59 Å². The number of hydrogen-bond donors (Lipinski definition) is 0. The quantitative estimate of drug-likeness (QED) is 0.0966. The molecule has 0 N–H and O–H groups in total. The summed E-state index contributed by atoms with van der Waals surface area (Å²) in [6.07, 6.45) is 24.1. The highest BCUT2D eigenvalue weighted by molar-refractivity contribution is 8.37. The first-order chi connectivity index (χ1) is 23.9. The van der Waals surface area contributed by atoms with Gasteiger partial charge >= 0.3 is 0 Å². The molecule has 0 unspecified atom stereocenters. The van der Waals surface area contributed by atoms with Crippen molar-refractivity contribution < 1.29 is 9.59 Å². The molecule has 0 atom stereocenters. The van der Waals surface area contributed by atoms with Crippen molar-refractivity contribution >= 4 is 102 Å². The summed E-state index contributed by atoms with van der Waals surface area (Å²) in [5.74, 6) is 7.79. The number of allylic oxidation sites excluding steroid dienone is 2. The fourth-order valence-corrected chi connectivity index (χ4v) is 5.36. The highest BCUT2D eigenvalue weighted by Gasteiger charge is 2.17. The Morgan fingerprint density at radius 2 is 1.31 bits per heavy atom. The zero-order valence-corrected chi connectivity index (χ0v) is 31.7. The lowest BCUT2D eigenvalue weighted by Crippen LogP contribution is -1.93. The molecule has 8 heteroatoms. The van der Waals surface area contributed by atoms with Crippen LogP contribution in [0.1, 0.15) is 77.6 Å². The smallest absolute Gasteiger partial charge is 0.192 e. The molecule has 0 amide bonds. The van der Waals surface area contributed by atoms with Gasteiger partial charge in [-0.25, -0.2) is 0 Å². The predicted molar refractivity (Wildman–Crippen MR) is 220 cm³/mol. The van der Waals surface area contributed by atoms with Crippen molar-refractivity contribution in [2.75, 3.05) is 0 Å². The Morgan fingerprint density at radius 3 is 1.84 bits per heavy atom. The standard InChI is InChI=1S/C14H11ClO.C14H13ClO.C13H13Cl.S3/c15-11-5-4-10-6-9-2-1-3-12(9)14(8-16)13(10)7-11;15-14-10-8-13(9-11-14)7-5-3-1-2-4-6-12-16;1-2-3-4-5-6-7-12-8-10-13(14)11-9-12;1-3-2/h4-8H,1-3H2;5,7-12H,1-3H2;1,6-11H,3-5H2;/b;7-5+;7-6+;. The van der Waals surface area contributed by atoms with Gasteiger partial charge in [-0.3, -0.25) is 9.59 Å². The van der Waals surface area contributed by atoms with Crippen molar-refractivity contribution in [3.05, 3.63) is 128 Å². The van der Waals surface area contributed by atoms with Crippen LogP contribution < -0.4 is 0 Å². The Balaban J connectivity index is 0.000000246. The van der Waals surface area contributed by atoms with Crippen molar-refractivity contribution in [1.29, 1.82) is 0 Å². The van der Waals surface area contributed by atoms with Gasteiger partial charge in [0.25, 0.3) is 0 Å². The Kier molecular flexibility index (Phi) is 21.8. The van der Waals surface area contributed by atoms with Crippen molar-refractivity contribution in [1.82, 2.24) is 0 Å². The molecule has 0 aliphatic heterocycles. The second-order valence-corrected chi connectivity index (χ2v) is 13.7. The maximum Gasteiger partial charge on any atom is 0.192 e. The molecule has 0 aromatic heterocycles. The summed E-state index contributed by atoms with van der Waals surface area (Å²) >= 11 is 25.8. The van der Waals surface area contributed by atoms with Crippen molar-refractivity contribution in [3.63, 3.8) is 0 Å². The number of aryl methyl sites for hydroxylation is 1. The Hall–Kier alpha value is -3.39. The summed E-state index contributed by atoms with van der Waals surface area (Å²) in [5.41, 5.74) is 5.72. The number of carbonyl (C=O) groups excluding carboxylic acids is 2. The van der Waals surface area contributed by atoms with E-state index in [4.69, 9.17) is 41.2 Å². The molecule has 4 aromatic carbocycles. The minimum absolute atomic E-state index is 0.629. The SMILES string of the molecule is C#CCCC/C=C/c1ccc(Cl)cc1.O=CC#CCCC/C=C/c1ccc(Cl)cc1.O=Cc1c2c(cc3ccc(Cl)cc13)CCC2.S=S=S. The first-order valence-electron chi connectivity index (χ1n) is 15.7. The van der Waals surface area contributed by atoms with E-state index in [0.717, 1.165) is 105 Å². The van der Waals surface area contributed by atoms with E-state index in [1.807, 2.05) is 66.7 Å². The maximum atomic E-state index is 11.2. The first kappa shape index (κ1) is 41.8. The predicted octanol–water partition coefficient (Wildman–Crippen LogP) is 11.7. The fourth-order valence-electron chi connectivity index (χ4n) is 4.94. The minimum atomic E-state index is 0.629. The van der Waals surface area contributed by atoms with Crippen LogP contribution in [0, 0.1) is 24.2 Å².